The van der Waals surface area contributed by atoms with Gasteiger partial charge >= 0.3 is 0 Å². The highest BCUT2D eigenvalue weighted by atomic mass is 16.5. The van der Waals surface area contributed by atoms with Crippen molar-refractivity contribution in [2.24, 2.45) is 5.92 Å². The number of fused-ring (bicyclic) bond motifs is 1. The average molecular weight is 203 g/mol. The minimum absolute atomic E-state index is 0.0544. The standard InChI is InChI=1S/C12H13NO2/c1-3-9-4-5-11-12(13-9)10(14)6-8(2)7-15-11/h3-5,8H,1,6-7H2,2H3. The number of aromatic nitrogens is 1. The Morgan fingerprint density at radius 3 is 3.13 bits per heavy atom. The summed E-state index contributed by atoms with van der Waals surface area (Å²) in [7, 11) is 0. The van der Waals surface area contributed by atoms with Crippen LogP contribution in [0.3, 0.4) is 0 Å². The van der Waals surface area contributed by atoms with E-state index in [1.54, 1.807) is 18.2 Å². The van der Waals surface area contributed by atoms with Gasteiger partial charge in [-0.05, 0) is 24.1 Å². The first kappa shape index (κ1) is 9.90. The summed E-state index contributed by atoms with van der Waals surface area (Å²) >= 11 is 0. The van der Waals surface area contributed by atoms with Crippen molar-refractivity contribution < 1.29 is 9.53 Å². The van der Waals surface area contributed by atoms with Gasteiger partial charge in [0.25, 0.3) is 0 Å². The second-order valence-corrected chi connectivity index (χ2v) is 3.83. The Balaban J connectivity index is 2.45. The monoisotopic (exact) mass is 203 g/mol. The molecular weight excluding hydrogens is 190 g/mol. The third kappa shape index (κ3) is 1.91. The minimum Gasteiger partial charge on any atom is -0.491 e. The van der Waals surface area contributed by atoms with Crippen molar-refractivity contribution in [2.45, 2.75) is 13.3 Å². The highest BCUT2D eigenvalue weighted by Crippen LogP contribution is 2.24. The van der Waals surface area contributed by atoms with E-state index in [4.69, 9.17) is 4.74 Å². The Bertz CT molecular complexity index is 412. The van der Waals surface area contributed by atoms with Crippen molar-refractivity contribution in [1.82, 2.24) is 4.98 Å². The highest BCUT2D eigenvalue weighted by molar-refractivity contribution is 5.97. The van der Waals surface area contributed by atoms with E-state index in [9.17, 15) is 4.79 Å². The van der Waals surface area contributed by atoms with Gasteiger partial charge in [0.2, 0.25) is 0 Å². The van der Waals surface area contributed by atoms with Crippen LogP contribution in [0, 0.1) is 5.92 Å². The summed E-state index contributed by atoms with van der Waals surface area (Å²) in [4.78, 5) is 16.0. The quantitative estimate of drug-likeness (QED) is 0.703. The lowest BCUT2D eigenvalue weighted by Gasteiger charge is -2.06. The number of hydrogen-bond acceptors (Lipinski definition) is 3. The summed E-state index contributed by atoms with van der Waals surface area (Å²) in [5.41, 5.74) is 1.15. The fourth-order valence-electron chi connectivity index (χ4n) is 1.60. The minimum atomic E-state index is 0.0544. The van der Waals surface area contributed by atoms with E-state index >= 15 is 0 Å². The number of carbonyl (C=O) groups is 1. The zero-order chi connectivity index (χ0) is 10.8. The number of carbonyl (C=O) groups excluding carboxylic acids is 1. The van der Waals surface area contributed by atoms with Crippen molar-refractivity contribution in [3.63, 3.8) is 0 Å². The van der Waals surface area contributed by atoms with E-state index in [0.717, 1.165) is 0 Å². The number of hydrogen-bond donors (Lipinski definition) is 0. The maximum Gasteiger partial charge on any atom is 0.185 e. The molecule has 1 aliphatic rings. The Labute approximate surface area is 88.8 Å². The predicted octanol–water partition coefficient (Wildman–Crippen LogP) is 2.33. The Morgan fingerprint density at radius 1 is 1.60 bits per heavy atom. The summed E-state index contributed by atoms with van der Waals surface area (Å²) < 4.78 is 5.51. The second-order valence-electron chi connectivity index (χ2n) is 3.83. The van der Waals surface area contributed by atoms with Gasteiger partial charge in [0.05, 0.1) is 12.3 Å². The molecule has 0 bridgehead atoms. The first-order valence-corrected chi connectivity index (χ1v) is 5.00. The fraction of sp³-hybridized carbons (Fsp3) is 0.333. The Morgan fingerprint density at radius 2 is 2.40 bits per heavy atom. The molecule has 3 heteroatoms. The highest BCUT2D eigenvalue weighted by Gasteiger charge is 2.22. The van der Waals surface area contributed by atoms with Crippen LogP contribution in [0.15, 0.2) is 18.7 Å². The molecule has 0 N–H and O–H groups in total. The molecule has 0 amide bonds. The summed E-state index contributed by atoms with van der Waals surface area (Å²) in [6.07, 6.45) is 2.13. The molecule has 1 aliphatic heterocycles. The lowest BCUT2D eigenvalue weighted by molar-refractivity contribution is 0.0962. The van der Waals surface area contributed by atoms with Gasteiger partial charge in [-0.3, -0.25) is 4.79 Å². The van der Waals surface area contributed by atoms with Crippen LogP contribution in [0.1, 0.15) is 29.5 Å². The van der Waals surface area contributed by atoms with Crippen molar-refractivity contribution in [3.05, 3.63) is 30.1 Å². The van der Waals surface area contributed by atoms with Crippen LogP contribution in [0.4, 0.5) is 0 Å². The van der Waals surface area contributed by atoms with Gasteiger partial charge in [-0.2, -0.15) is 0 Å². The summed E-state index contributed by atoms with van der Waals surface area (Å²) in [6.45, 7) is 6.20. The van der Waals surface area contributed by atoms with E-state index < -0.39 is 0 Å². The molecule has 0 aliphatic carbocycles. The summed E-state index contributed by atoms with van der Waals surface area (Å²) in [5, 5.41) is 0. The summed E-state index contributed by atoms with van der Waals surface area (Å²) in [5.74, 6) is 0.896. The smallest absolute Gasteiger partial charge is 0.185 e. The average Bonchev–Trinajstić information content (AvgIpc) is 2.38. The molecular formula is C12H13NO2. The lowest BCUT2D eigenvalue weighted by Crippen LogP contribution is -2.08. The normalized spacial score (nSPS) is 20.1. The molecule has 3 nitrogen and oxygen atoms in total. The van der Waals surface area contributed by atoms with Gasteiger partial charge in [-0.1, -0.05) is 13.5 Å². The fourth-order valence-corrected chi connectivity index (χ4v) is 1.60. The van der Waals surface area contributed by atoms with Crippen LogP contribution in [-0.2, 0) is 0 Å². The number of ketones is 1. The van der Waals surface area contributed by atoms with Crippen LogP contribution in [0.5, 0.6) is 5.75 Å². The molecule has 15 heavy (non-hydrogen) atoms. The number of nitrogens with zero attached hydrogens (tertiary/aromatic N) is 1. The van der Waals surface area contributed by atoms with Crippen molar-refractivity contribution >= 4 is 11.9 Å². The van der Waals surface area contributed by atoms with Gasteiger partial charge in [0.15, 0.2) is 5.78 Å². The van der Waals surface area contributed by atoms with E-state index in [-0.39, 0.29) is 11.7 Å². The first-order chi connectivity index (χ1) is 7.20. The number of pyridine rings is 1. The zero-order valence-corrected chi connectivity index (χ0v) is 8.69. The first-order valence-electron chi connectivity index (χ1n) is 5.00. The van der Waals surface area contributed by atoms with Crippen molar-refractivity contribution in [1.29, 1.82) is 0 Å². The van der Waals surface area contributed by atoms with Crippen molar-refractivity contribution in [3.8, 4) is 5.75 Å². The molecule has 0 radical (unpaired) electrons. The lowest BCUT2D eigenvalue weighted by atomic mass is 10.0. The maximum absolute atomic E-state index is 11.8. The third-order valence-corrected chi connectivity index (χ3v) is 2.41. The van der Waals surface area contributed by atoms with Crippen LogP contribution < -0.4 is 4.74 Å². The number of rotatable bonds is 1. The second kappa shape index (κ2) is 3.85. The summed E-state index contributed by atoms with van der Waals surface area (Å²) in [6, 6.07) is 3.59. The molecule has 1 aromatic heterocycles. The molecule has 0 saturated heterocycles. The van der Waals surface area contributed by atoms with Crippen LogP contribution >= 0.6 is 0 Å². The largest absolute Gasteiger partial charge is 0.491 e. The molecule has 1 aromatic rings. The van der Waals surface area contributed by atoms with Crippen molar-refractivity contribution in [2.75, 3.05) is 6.61 Å². The molecule has 0 aromatic carbocycles. The Kier molecular flexibility index (Phi) is 2.54. The number of ether oxygens (including phenoxy) is 1. The van der Waals surface area contributed by atoms with E-state index in [1.807, 2.05) is 6.92 Å². The topological polar surface area (TPSA) is 39.2 Å². The van der Waals surface area contributed by atoms with Crippen LogP contribution in [-0.4, -0.2) is 17.4 Å². The molecule has 0 fully saturated rings. The molecule has 0 saturated carbocycles. The Hall–Kier alpha value is -1.64. The van der Waals surface area contributed by atoms with Gasteiger partial charge < -0.3 is 4.74 Å². The van der Waals surface area contributed by atoms with Crippen LogP contribution in [0.2, 0.25) is 0 Å². The molecule has 1 unspecified atom stereocenters. The predicted molar refractivity (Wildman–Crippen MR) is 57.9 cm³/mol. The van der Waals surface area contributed by atoms with E-state index in [1.165, 1.54) is 0 Å². The molecule has 2 rings (SSSR count). The van der Waals surface area contributed by atoms with Gasteiger partial charge in [-0.25, -0.2) is 4.98 Å². The number of Topliss-reactive ketones (excluding diaryl/α,β-unsaturated/α-hetero) is 1. The van der Waals surface area contributed by atoms with E-state index in [2.05, 4.69) is 11.6 Å². The maximum atomic E-state index is 11.8. The molecule has 0 spiro atoms. The van der Waals surface area contributed by atoms with Crippen LogP contribution in [0.25, 0.3) is 6.08 Å². The van der Waals surface area contributed by atoms with Gasteiger partial charge in [0, 0.05) is 6.42 Å². The van der Waals surface area contributed by atoms with Gasteiger partial charge in [-0.15, -0.1) is 0 Å². The zero-order valence-electron chi connectivity index (χ0n) is 8.69. The van der Waals surface area contributed by atoms with Gasteiger partial charge in [0.1, 0.15) is 11.4 Å². The van der Waals surface area contributed by atoms with E-state index in [0.29, 0.717) is 30.2 Å². The SMILES string of the molecule is C=Cc1ccc2c(n1)C(=O)CC(C)CO2. The third-order valence-electron chi connectivity index (χ3n) is 2.41. The molecule has 78 valence electrons. The molecule has 1 atom stereocenters. The molecule has 2 heterocycles.